The first kappa shape index (κ1) is 15.6. The number of hydrogen-bond acceptors (Lipinski definition) is 3. The summed E-state index contributed by atoms with van der Waals surface area (Å²) in [7, 11) is 0. The smallest absolute Gasteiger partial charge is 0.317 e. The minimum absolute atomic E-state index is 0.0186. The predicted molar refractivity (Wildman–Crippen MR) is 84.0 cm³/mol. The second kappa shape index (κ2) is 6.86. The van der Waals surface area contributed by atoms with Crippen LogP contribution in [0.1, 0.15) is 18.4 Å². The molecule has 2 fully saturated rings. The van der Waals surface area contributed by atoms with Crippen LogP contribution in [0.3, 0.4) is 0 Å². The number of ether oxygens (including phenoxy) is 2. The van der Waals surface area contributed by atoms with Crippen molar-refractivity contribution in [1.82, 2.24) is 10.2 Å². The van der Waals surface area contributed by atoms with Gasteiger partial charge in [-0.2, -0.15) is 0 Å². The number of piperidine rings is 1. The Hall–Kier alpha value is -1.30. The van der Waals surface area contributed by atoms with Crippen LogP contribution in [0.5, 0.6) is 0 Å². The average Bonchev–Trinajstić information content (AvgIpc) is 2.96. The third-order valence-corrected chi connectivity index (χ3v) is 4.44. The molecule has 1 aromatic carbocycles. The Kier molecular flexibility index (Phi) is 4.86. The fourth-order valence-corrected chi connectivity index (χ4v) is 3.17. The third-order valence-electron chi connectivity index (χ3n) is 4.20. The molecule has 2 amide bonds. The topological polar surface area (TPSA) is 50.8 Å². The molecule has 22 heavy (non-hydrogen) atoms. The number of amides is 2. The summed E-state index contributed by atoms with van der Waals surface area (Å²) in [5.74, 6) is -0.433. The van der Waals surface area contributed by atoms with Crippen molar-refractivity contribution in [2.24, 2.45) is 0 Å². The molecule has 5 nitrogen and oxygen atoms in total. The number of nitrogens with one attached hydrogen (secondary N) is 1. The minimum Gasteiger partial charge on any atom is -0.347 e. The average molecular weight is 325 g/mol. The Balaban J connectivity index is 1.41. The van der Waals surface area contributed by atoms with Crippen molar-refractivity contribution in [2.75, 3.05) is 32.8 Å². The summed E-state index contributed by atoms with van der Waals surface area (Å²) in [5.41, 5.74) is 1.12. The molecule has 0 bridgehead atoms. The Bertz CT molecular complexity index is 522. The molecule has 0 unspecified atom stereocenters. The van der Waals surface area contributed by atoms with Crippen molar-refractivity contribution >= 4 is 17.6 Å². The Morgan fingerprint density at radius 3 is 2.68 bits per heavy atom. The van der Waals surface area contributed by atoms with Gasteiger partial charge in [-0.1, -0.05) is 23.7 Å². The van der Waals surface area contributed by atoms with Crippen LogP contribution in [-0.2, 0) is 15.9 Å². The van der Waals surface area contributed by atoms with E-state index < -0.39 is 5.79 Å². The lowest BCUT2D eigenvalue weighted by Gasteiger charge is -2.37. The van der Waals surface area contributed by atoms with Gasteiger partial charge in [0.2, 0.25) is 0 Å². The van der Waals surface area contributed by atoms with Crippen LogP contribution in [0.25, 0.3) is 0 Å². The van der Waals surface area contributed by atoms with Gasteiger partial charge in [-0.3, -0.25) is 0 Å². The van der Waals surface area contributed by atoms with Gasteiger partial charge >= 0.3 is 6.03 Å². The van der Waals surface area contributed by atoms with E-state index in [2.05, 4.69) is 5.32 Å². The normalized spacial score (nSPS) is 20.3. The lowest BCUT2D eigenvalue weighted by atomic mass is 10.0. The molecule has 0 radical (unpaired) electrons. The van der Waals surface area contributed by atoms with Crippen molar-refractivity contribution in [1.29, 1.82) is 0 Å². The summed E-state index contributed by atoms with van der Waals surface area (Å²) in [6.07, 6.45) is 2.26. The number of carbonyl (C=O) groups is 1. The second-order valence-corrected chi connectivity index (χ2v) is 6.14. The van der Waals surface area contributed by atoms with Crippen LogP contribution in [0.15, 0.2) is 24.3 Å². The lowest BCUT2D eigenvalue weighted by molar-refractivity contribution is -0.181. The summed E-state index contributed by atoms with van der Waals surface area (Å²) < 4.78 is 11.3. The predicted octanol–water partition coefficient (Wildman–Crippen LogP) is 2.43. The molecule has 0 saturated carbocycles. The molecule has 0 aromatic heterocycles. The number of urea groups is 1. The number of rotatable bonds is 3. The van der Waals surface area contributed by atoms with E-state index in [-0.39, 0.29) is 6.03 Å². The molecule has 2 saturated heterocycles. The molecular formula is C16H21ClN2O3. The van der Waals surface area contributed by atoms with Crippen LogP contribution in [-0.4, -0.2) is 49.6 Å². The van der Waals surface area contributed by atoms with E-state index >= 15 is 0 Å². The standard InChI is InChI=1S/C16H21ClN2O3/c17-14-3-1-2-13(12-14)4-7-18-15(20)19-8-5-16(6-9-19)21-10-11-22-16/h1-3,12H,4-11H2,(H,18,20). The SMILES string of the molecule is O=C(NCCc1cccc(Cl)c1)N1CCC2(CC1)OCCO2. The van der Waals surface area contributed by atoms with Crippen LogP contribution < -0.4 is 5.32 Å². The number of hydrogen-bond donors (Lipinski definition) is 1. The van der Waals surface area contributed by atoms with Gasteiger partial charge in [0, 0.05) is 37.5 Å². The van der Waals surface area contributed by atoms with Gasteiger partial charge in [-0.05, 0) is 24.1 Å². The number of likely N-dealkylation sites (tertiary alicyclic amines) is 1. The quantitative estimate of drug-likeness (QED) is 0.929. The summed E-state index contributed by atoms with van der Waals surface area (Å²) in [4.78, 5) is 14.0. The fourth-order valence-electron chi connectivity index (χ4n) is 2.95. The lowest BCUT2D eigenvalue weighted by Crippen LogP contribution is -2.50. The zero-order valence-corrected chi connectivity index (χ0v) is 13.3. The van der Waals surface area contributed by atoms with Gasteiger partial charge in [0.15, 0.2) is 5.79 Å². The first-order valence-electron chi connectivity index (χ1n) is 7.72. The monoisotopic (exact) mass is 324 g/mol. The number of nitrogens with zero attached hydrogens (tertiary/aromatic N) is 1. The van der Waals surface area contributed by atoms with Crippen LogP contribution in [0, 0.1) is 0 Å². The Labute approximate surface area is 135 Å². The number of benzene rings is 1. The van der Waals surface area contributed by atoms with Gasteiger partial charge in [-0.15, -0.1) is 0 Å². The highest BCUT2D eigenvalue weighted by Crippen LogP contribution is 2.31. The van der Waals surface area contributed by atoms with E-state index in [1.807, 2.05) is 29.2 Å². The largest absolute Gasteiger partial charge is 0.347 e. The van der Waals surface area contributed by atoms with Crippen LogP contribution in [0.2, 0.25) is 5.02 Å². The molecule has 2 aliphatic rings. The van der Waals surface area contributed by atoms with Crippen molar-refractivity contribution in [3.05, 3.63) is 34.9 Å². The van der Waals surface area contributed by atoms with E-state index in [1.54, 1.807) is 0 Å². The highest BCUT2D eigenvalue weighted by Gasteiger charge is 2.40. The maximum Gasteiger partial charge on any atom is 0.317 e. The summed E-state index contributed by atoms with van der Waals surface area (Å²) >= 11 is 5.95. The molecule has 1 N–H and O–H groups in total. The van der Waals surface area contributed by atoms with Gasteiger partial charge in [0.1, 0.15) is 0 Å². The van der Waals surface area contributed by atoms with E-state index in [9.17, 15) is 4.79 Å². The maximum absolute atomic E-state index is 12.2. The summed E-state index contributed by atoms with van der Waals surface area (Å²) in [6, 6.07) is 7.69. The first-order chi connectivity index (χ1) is 10.7. The molecule has 2 aliphatic heterocycles. The van der Waals surface area contributed by atoms with Gasteiger partial charge in [-0.25, -0.2) is 4.79 Å². The molecule has 2 heterocycles. The maximum atomic E-state index is 12.2. The Morgan fingerprint density at radius 2 is 2.00 bits per heavy atom. The van der Waals surface area contributed by atoms with Crippen molar-refractivity contribution in [3.8, 4) is 0 Å². The molecule has 1 spiro atoms. The van der Waals surface area contributed by atoms with E-state index in [0.717, 1.165) is 29.8 Å². The second-order valence-electron chi connectivity index (χ2n) is 5.71. The number of halogens is 1. The van der Waals surface area contributed by atoms with Gasteiger partial charge < -0.3 is 19.7 Å². The van der Waals surface area contributed by atoms with Crippen molar-refractivity contribution in [3.63, 3.8) is 0 Å². The molecule has 0 aliphatic carbocycles. The number of carbonyl (C=O) groups excluding carboxylic acids is 1. The minimum atomic E-state index is -0.433. The molecule has 1 aromatic rings. The Morgan fingerprint density at radius 1 is 1.27 bits per heavy atom. The third kappa shape index (κ3) is 3.72. The van der Waals surface area contributed by atoms with E-state index in [0.29, 0.717) is 32.8 Å². The highest BCUT2D eigenvalue weighted by molar-refractivity contribution is 6.30. The highest BCUT2D eigenvalue weighted by atomic mass is 35.5. The molecule has 3 rings (SSSR count). The van der Waals surface area contributed by atoms with Crippen molar-refractivity contribution < 1.29 is 14.3 Å². The zero-order valence-electron chi connectivity index (χ0n) is 12.5. The molecule has 0 atom stereocenters. The summed E-state index contributed by atoms with van der Waals surface area (Å²) in [5, 5.41) is 3.69. The van der Waals surface area contributed by atoms with E-state index in [1.165, 1.54) is 0 Å². The van der Waals surface area contributed by atoms with Gasteiger partial charge in [0.05, 0.1) is 13.2 Å². The van der Waals surface area contributed by atoms with Crippen LogP contribution >= 0.6 is 11.6 Å². The fraction of sp³-hybridized carbons (Fsp3) is 0.562. The first-order valence-corrected chi connectivity index (χ1v) is 8.10. The molecular weight excluding hydrogens is 304 g/mol. The molecule has 120 valence electrons. The summed E-state index contributed by atoms with van der Waals surface area (Å²) in [6.45, 7) is 3.26. The van der Waals surface area contributed by atoms with E-state index in [4.69, 9.17) is 21.1 Å². The molecule has 6 heteroatoms. The van der Waals surface area contributed by atoms with Crippen LogP contribution in [0.4, 0.5) is 4.79 Å². The van der Waals surface area contributed by atoms with Gasteiger partial charge in [0.25, 0.3) is 0 Å². The van der Waals surface area contributed by atoms with Crippen molar-refractivity contribution in [2.45, 2.75) is 25.0 Å². The zero-order chi connectivity index (χ0) is 15.4.